The zero-order valence-electron chi connectivity index (χ0n) is 16.1. The number of carbonyl (C=O) groups is 1. The normalized spacial score (nSPS) is 15.9. The van der Waals surface area contributed by atoms with Crippen molar-refractivity contribution in [1.29, 1.82) is 0 Å². The van der Waals surface area contributed by atoms with Gasteiger partial charge < -0.3 is 4.90 Å². The maximum Gasteiger partial charge on any atom is 0.416 e. The molecule has 0 bridgehead atoms. The average molecular weight is 450 g/mol. The van der Waals surface area contributed by atoms with Gasteiger partial charge in [0.25, 0.3) is 5.91 Å². The molecule has 2 heterocycles. The molecule has 1 amide bonds. The second kappa shape index (κ2) is 7.89. The predicted molar refractivity (Wildman–Crippen MR) is 106 cm³/mol. The fourth-order valence-corrected chi connectivity index (χ4v) is 4.80. The van der Waals surface area contributed by atoms with Crippen LogP contribution in [0.3, 0.4) is 0 Å². The van der Waals surface area contributed by atoms with Gasteiger partial charge >= 0.3 is 6.18 Å². The van der Waals surface area contributed by atoms with E-state index in [4.69, 9.17) is 0 Å². The van der Waals surface area contributed by atoms with Gasteiger partial charge in [0.15, 0.2) is 0 Å². The van der Waals surface area contributed by atoms with Crippen LogP contribution >= 0.6 is 0 Å². The van der Waals surface area contributed by atoms with Crippen molar-refractivity contribution in [3.63, 3.8) is 0 Å². The average Bonchev–Trinajstić information content (AvgIpc) is 2.78. The minimum atomic E-state index is -4.64. The Balaban J connectivity index is 1.48. The van der Waals surface area contributed by atoms with Gasteiger partial charge in [0.05, 0.1) is 27.7 Å². The van der Waals surface area contributed by atoms with E-state index in [0.717, 1.165) is 22.5 Å². The third kappa shape index (κ3) is 4.23. The summed E-state index contributed by atoms with van der Waals surface area (Å²) in [4.78, 5) is 22.3. The number of fused-ring (bicyclic) bond motifs is 1. The van der Waals surface area contributed by atoms with Crippen LogP contribution in [0.25, 0.3) is 11.0 Å². The third-order valence-electron chi connectivity index (χ3n) is 4.99. The third-order valence-corrected chi connectivity index (χ3v) is 6.89. The van der Waals surface area contributed by atoms with Crippen LogP contribution in [0.2, 0.25) is 0 Å². The second-order valence-electron chi connectivity index (χ2n) is 6.97. The van der Waals surface area contributed by atoms with Gasteiger partial charge in [-0.05, 0) is 30.3 Å². The molecular formula is C20H17F3N4O3S. The van der Waals surface area contributed by atoms with Crippen LogP contribution in [0.5, 0.6) is 0 Å². The highest BCUT2D eigenvalue weighted by Gasteiger charge is 2.34. The molecule has 1 saturated heterocycles. The number of alkyl halides is 3. The Hall–Kier alpha value is -3.05. The quantitative estimate of drug-likeness (QED) is 0.613. The first-order valence-corrected chi connectivity index (χ1v) is 10.8. The number of para-hydroxylation sites is 2. The summed E-state index contributed by atoms with van der Waals surface area (Å²) in [5.74, 6) is -0.380. The van der Waals surface area contributed by atoms with Gasteiger partial charge in [0.2, 0.25) is 10.0 Å². The van der Waals surface area contributed by atoms with Gasteiger partial charge in [0, 0.05) is 26.2 Å². The SMILES string of the molecule is O=C(c1cnc2ccccc2n1)N1CCN(S(=O)(=O)c2cccc(C(F)(F)F)c2)CC1. The van der Waals surface area contributed by atoms with E-state index in [-0.39, 0.29) is 37.8 Å². The molecule has 1 aliphatic rings. The number of sulfonamides is 1. The zero-order valence-corrected chi connectivity index (χ0v) is 16.9. The van der Waals surface area contributed by atoms with Crippen LogP contribution in [0.15, 0.2) is 59.6 Å². The van der Waals surface area contributed by atoms with Crippen molar-refractivity contribution in [1.82, 2.24) is 19.2 Å². The smallest absolute Gasteiger partial charge is 0.335 e. The van der Waals surface area contributed by atoms with Crippen LogP contribution in [0, 0.1) is 0 Å². The number of halogens is 3. The first kappa shape index (κ1) is 21.2. The van der Waals surface area contributed by atoms with E-state index in [0.29, 0.717) is 17.1 Å². The largest absolute Gasteiger partial charge is 0.416 e. The molecule has 0 spiro atoms. The lowest BCUT2D eigenvalue weighted by Crippen LogP contribution is -2.50. The number of rotatable bonds is 3. The first-order valence-electron chi connectivity index (χ1n) is 9.35. The number of hydrogen-bond donors (Lipinski definition) is 0. The Kier molecular flexibility index (Phi) is 5.40. The van der Waals surface area contributed by atoms with Crippen LogP contribution in [-0.4, -0.2) is 59.7 Å². The topological polar surface area (TPSA) is 83.5 Å². The number of benzene rings is 2. The Morgan fingerprint density at radius 1 is 0.935 bits per heavy atom. The summed E-state index contributed by atoms with van der Waals surface area (Å²) in [5, 5.41) is 0. The highest BCUT2D eigenvalue weighted by atomic mass is 32.2. The van der Waals surface area contributed by atoms with E-state index in [1.165, 1.54) is 11.1 Å². The van der Waals surface area contributed by atoms with E-state index >= 15 is 0 Å². The Bertz CT molecular complexity index is 1240. The van der Waals surface area contributed by atoms with Crippen LogP contribution in [-0.2, 0) is 16.2 Å². The van der Waals surface area contributed by atoms with Gasteiger partial charge in [-0.25, -0.2) is 13.4 Å². The van der Waals surface area contributed by atoms with Crippen molar-refractivity contribution in [2.45, 2.75) is 11.1 Å². The monoisotopic (exact) mass is 450 g/mol. The van der Waals surface area contributed by atoms with Gasteiger partial charge in [0.1, 0.15) is 5.69 Å². The van der Waals surface area contributed by atoms with Crippen molar-refractivity contribution in [2.24, 2.45) is 0 Å². The van der Waals surface area contributed by atoms with Crippen molar-refractivity contribution in [3.8, 4) is 0 Å². The molecule has 0 atom stereocenters. The summed E-state index contributed by atoms with van der Waals surface area (Å²) in [5.41, 5.74) is 0.334. The second-order valence-corrected chi connectivity index (χ2v) is 8.90. The molecule has 0 N–H and O–H groups in total. The van der Waals surface area contributed by atoms with Crippen LogP contribution in [0.4, 0.5) is 13.2 Å². The fraction of sp³-hybridized carbons (Fsp3) is 0.250. The number of piperazine rings is 1. The molecule has 1 aliphatic heterocycles. The molecule has 3 aromatic rings. The molecule has 7 nitrogen and oxygen atoms in total. The molecule has 1 fully saturated rings. The van der Waals surface area contributed by atoms with E-state index in [2.05, 4.69) is 9.97 Å². The molecule has 0 unspecified atom stereocenters. The van der Waals surface area contributed by atoms with E-state index in [1.54, 1.807) is 18.2 Å². The van der Waals surface area contributed by atoms with E-state index in [1.807, 2.05) is 6.07 Å². The van der Waals surface area contributed by atoms with Crippen molar-refractivity contribution in [3.05, 3.63) is 66.0 Å². The first-order chi connectivity index (χ1) is 14.7. The van der Waals surface area contributed by atoms with Gasteiger partial charge in [-0.3, -0.25) is 9.78 Å². The molecule has 2 aromatic carbocycles. The van der Waals surface area contributed by atoms with E-state index in [9.17, 15) is 26.4 Å². The zero-order chi connectivity index (χ0) is 22.2. The predicted octanol–water partition coefficient (Wildman–Crippen LogP) is 2.80. The maximum absolute atomic E-state index is 12.9. The molecule has 4 rings (SSSR count). The summed E-state index contributed by atoms with van der Waals surface area (Å²) in [7, 11) is -4.12. The summed E-state index contributed by atoms with van der Waals surface area (Å²) in [6.45, 7) is 0.105. The molecular weight excluding hydrogens is 433 g/mol. The molecule has 0 radical (unpaired) electrons. The van der Waals surface area contributed by atoms with Crippen LogP contribution in [0.1, 0.15) is 16.1 Å². The number of amides is 1. The number of hydrogen-bond acceptors (Lipinski definition) is 5. The van der Waals surface area contributed by atoms with Crippen LogP contribution < -0.4 is 0 Å². The summed E-state index contributed by atoms with van der Waals surface area (Å²) >= 11 is 0. The fourth-order valence-electron chi connectivity index (χ4n) is 3.34. The number of nitrogens with zero attached hydrogens (tertiary/aromatic N) is 4. The number of aromatic nitrogens is 2. The molecule has 0 aliphatic carbocycles. The van der Waals surface area contributed by atoms with Gasteiger partial charge in [-0.1, -0.05) is 18.2 Å². The maximum atomic E-state index is 12.9. The molecule has 162 valence electrons. The Morgan fingerprint density at radius 2 is 1.61 bits per heavy atom. The standard InChI is InChI=1S/C20H17F3N4O3S/c21-20(22,23)14-4-3-5-15(12-14)31(29,30)27-10-8-26(9-11-27)19(28)18-13-24-16-6-1-2-7-17(16)25-18/h1-7,12-13H,8-11H2. The van der Waals surface area contributed by atoms with Crippen molar-refractivity contribution >= 4 is 27.0 Å². The minimum Gasteiger partial charge on any atom is -0.335 e. The Morgan fingerprint density at radius 3 is 2.29 bits per heavy atom. The summed E-state index contributed by atoms with van der Waals surface area (Å²) in [6, 6.07) is 10.7. The number of carbonyl (C=O) groups excluding carboxylic acids is 1. The lowest BCUT2D eigenvalue weighted by Gasteiger charge is -2.33. The van der Waals surface area contributed by atoms with E-state index < -0.39 is 26.7 Å². The summed E-state index contributed by atoms with van der Waals surface area (Å²) < 4.78 is 65.5. The van der Waals surface area contributed by atoms with Crippen molar-refractivity contribution in [2.75, 3.05) is 26.2 Å². The highest BCUT2D eigenvalue weighted by Crippen LogP contribution is 2.31. The molecule has 1 aromatic heterocycles. The van der Waals surface area contributed by atoms with Crippen molar-refractivity contribution < 1.29 is 26.4 Å². The lowest BCUT2D eigenvalue weighted by molar-refractivity contribution is -0.137. The molecule has 31 heavy (non-hydrogen) atoms. The van der Waals surface area contributed by atoms with Gasteiger partial charge in [-0.2, -0.15) is 17.5 Å². The molecule has 11 heteroatoms. The molecule has 0 saturated carbocycles. The Labute approximate surface area is 176 Å². The highest BCUT2D eigenvalue weighted by molar-refractivity contribution is 7.89. The van der Waals surface area contributed by atoms with Gasteiger partial charge in [-0.15, -0.1) is 0 Å². The lowest BCUT2D eigenvalue weighted by atomic mass is 10.2. The minimum absolute atomic E-state index is 0.0364. The summed E-state index contributed by atoms with van der Waals surface area (Å²) in [6.07, 6.45) is -3.27.